The summed E-state index contributed by atoms with van der Waals surface area (Å²) in [6.07, 6.45) is 3.34. The van der Waals surface area contributed by atoms with E-state index in [9.17, 15) is 4.79 Å². The second-order valence-electron chi connectivity index (χ2n) is 6.71. The van der Waals surface area contributed by atoms with E-state index in [1.165, 1.54) is 11.1 Å². The number of hydrogen-bond donors (Lipinski definition) is 0. The van der Waals surface area contributed by atoms with Gasteiger partial charge in [-0.2, -0.15) is 0 Å². The summed E-state index contributed by atoms with van der Waals surface area (Å²) >= 11 is 0. The van der Waals surface area contributed by atoms with Crippen LogP contribution in [0, 0.1) is 0 Å². The fourth-order valence-electron chi connectivity index (χ4n) is 3.05. The molecule has 0 saturated carbocycles. The zero-order valence-electron chi connectivity index (χ0n) is 14.5. The Bertz CT molecular complexity index is 659. The molecule has 0 radical (unpaired) electrons. The lowest BCUT2D eigenvalue weighted by atomic mass is 10.0. The molecule has 0 N–H and O–H groups in total. The van der Waals surface area contributed by atoms with E-state index in [2.05, 4.69) is 48.0 Å². The van der Waals surface area contributed by atoms with Crippen molar-refractivity contribution < 1.29 is 4.79 Å². The molecule has 0 bridgehead atoms. The first-order valence-electron chi connectivity index (χ1n) is 8.64. The van der Waals surface area contributed by atoms with Crippen molar-refractivity contribution >= 4 is 5.91 Å². The van der Waals surface area contributed by atoms with Crippen molar-refractivity contribution in [3.05, 3.63) is 65.5 Å². The Morgan fingerprint density at radius 2 is 1.79 bits per heavy atom. The van der Waals surface area contributed by atoms with E-state index in [1.54, 1.807) is 12.4 Å². The number of nitrogens with zero attached hydrogens (tertiary/aromatic N) is 3. The van der Waals surface area contributed by atoms with Crippen LogP contribution >= 0.6 is 0 Å². The molecule has 24 heavy (non-hydrogen) atoms. The maximum absolute atomic E-state index is 12.4. The van der Waals surface area contributed by atoms with Crippen LogP contribution in [0.1, 0.15) is 41.3 Å². The summed E-state index contributed by atoms with van der Waals surface area (Å²) in [6, 6.07) is 12.5. The third-order valence-corrected chi connectivity index (χ3v) is 4.62. The number of rotatable bonds is 4. The van der Waals surface area contributed by atoms with Crippen LogP contribution in [-0.4, -0.2) is 46.9 Å². The largest absolute Gasteiger partial charge is 0.336 e. The van der Waals surface area contributed by atoms with E-state index in [4.69, 9.17) is 0 Å². The molecule has 4 nitrogen and oxygen atoms in total. The Labute approximate surface area is 144 Å². The molecule has 2 aromatic rings. The van der Waals surface area contributed by atoms with Gasteiger partial charge in [-0.15, -0.1) is 0 Å². The number of aromatic nitrogens is 1. The van der Waals surface area contributed by atoms with Crippen LogP contribution < -0.4 is 0 Å². The molecule has 1 aromatic heterocycles. The smallest absolute Gasteiger partial charge is 0.255 e. The molecule has 1 aliphatic rings. The van der Waals surface area contributed by atoms with Crippen LogP contribution in [0.25, 0.3) is 0 Å². The molecule has 0 spiro atoms. The maximum Gasteiger partial charge on any atom is 0.255 e. The Balaban J connectivity index is 1.52. The fourth-order valence-corrected chi connectivity index (χ4v) is 3.05. The summed E-state index contributed by atoms with van der Waals surface area (Å²) in [5.74, 6) is 0.658. The van der Waals surface area contributed by atoms with E-state index in [1.807, 2.05) is 17.0 Å². The van der Waals surface area contributed by atoms with Crippen LogP contribution in [-0.2, 0) is 6.54 Å². The summed E-state index contributed by atoms with van der Waals surface area (Å²) < 4.78 is 0. The number of hydrogen-bond acceptors (Lipinski definition) is 3. The van der Waals surface area contributed by atoms with Gasteiger partial charge in [0.25, 0.3) is 5.91 Å². The fraction of sp³-hybridized carbons (Fsp3) is 0.400. The minimum absolute atomic E-state index is 0.0871. The predicted molar refractivity (Wildman–Crippen MR) is 95.9 cm³/mol. The first kappa shape index (κ1) is 16.7. The zero-order valence-corrected chi connectivity index (χ0v) is 14.5. The minimum Gasteiger partial charge on any atom is -0.336 e. The van der Waals surface area contributed by atoms with Gasteiger partial charge in [0.1, 0.15) is 0 Å². The number of carbonyl (C=O) groups excluding carboxylic acids is 1. The van der Waals surface area contributed by atoms with Gasteiger partial charge < -0.3 is 4.90 Å². The number of piperazine rings is 1. The lowest BCUT2D eigenvalue weighted by Crippen LogP contribution is -2.48. The SMILES string of the molecule is CC(C)c1ccc(CN2CCN(C(=O)c3cccnc3)CC2)cc1. The lowest BCUT2D eigenvalue weighted by molar-refractivity contribution is 0.0628. The quantitative estimate of drug-likeness (QED) is 0.867. The number of benzene rings is 1. The van der Waals surface area contributed by atoms with E-state index >= 15 is 0 Å². The summed E-state index contributed by atoms with van der Waals surface area (Å²) in [5.41, 5.74) is 3.40. The average Bonchev–Trinajstić information content (AvgIpc) is 2.63. The highest BCUT2D eigenvalue weighted by Gasteiger charge is 2.22. The summed E-state index contributed by atoms with van der Waals surface area (Å²) in [7, 11) is 0. The van der Waals surface area contributed by atoms with Crippen molar-refractivity contribution in [2.24, 2.45) is 0 Å². The highest BCUT2D eigenvalue weighted by atomic mass is 16.2. The van der Waals surface area contributed by atoms with E-state index in [-0.39, 0.29) is 5.91 Å². The lowest BCUT2D eigenvalue weighted by Gasteiger charge is -2.34. The molecule has 1 amide bonds. The minimum atomic E-state index is 0.0871. The van der Waals surface area contributed by atoms with Gasteiger partial charge in [-0.1, -0.05) is 38.1 Å². The third kappa shape index (κ3) is 4.01. The van der Waals surface area contributed by atoms with Crippen molar-refractivity contribution in [1.82, 2.24) is 14.8 Å². The van der Waals surface area contributed by atoms with Crippen molar-refractivity contribution in [2.75, 3.05) is 26.2 Å². The number of pyridine rings is 1. The molecule has 1 saturated heterocycles. The van der Waals surface area contributed by atoms with Crippen LogP contribution in [0.3, 0.4) is 0 Å². The van der Waals surface area contributed by atoms with Gasteiger partial charge in [0, 0.05) is 45.1 Å². The monoisotopic (exact) mass is 323 g/mol. The molecule has 0 unspecified atom stereocenters. The first-order valence-corrected chi connectivity index (χ1v) is 8.64. The molecule has 4 heteroatoms. The molecule has 1 aromatic carbocycles. The molecule has 2 heterocycles. The number of amides is 1. The third-order valence-electron chi connectivity index (χ3n) is 4.62. The molecule has 126 valence electrons. The van der Waals surface area contributed by atoms with Gasteiger partial charge in [0.05, 0.1) is 5.56 Å². The van der Waals surface area contributed by atoms with Crippen LogP contribution in [0.15, 0.2) is 48.8 Å². The molecule has 1 fully saturated rings. The van der Waals surface area contributed by atoms with Crippen LogP contribution in [0.2, 0.25) is 0 Å². The topological polar surface area (TPSA) is 36.4 Å². The Kier molecular flexibility index (Phi) is 5.26. The average molecular weight is 323 g/mol. The van der Waals surface area contributed by atoms with Gasteiger partial charge in [0.2, 0.25) is 0 Å². The van der Waals surface area contributed by atoms with E-state index in [0.717, 1.165) is 32.7 Å². The Morgan fingerprint density at radius 3 is 2.38 bits per heavy atom. The Hall–Kier alpha value is -2.20. The molecule has 3 rings (SSSR count). The maximum atomic E-state index is 12.4. The van der Waals surface area contributed by atoms with Crippen LogP contribution in [0.4, 0.5) is 0 Å². The standard InChI is InChI=1S/C20H25N3O/c1-16(2)18-7-5-17(6-8-18)15-22-10-12-23(13-11-22)20(24)19-4-3-9-21-14-19/h3-9,14,16H,10-13,15H2,1-2H3. The predicted octanol–water partition coefficient (Wildman–Crippen LogP) is 3.16. The normalized spacial score (nSPS) is 15.7. The van der Waals surface area contributed by atoms with Crippen molar-refractivity contribution in [3.63, 3.8) is 0 Å². The highest BCUT2D eigenvalue weighted by molar-refractivity contribution is 5.93. The van der Waals surface area contributed by atoms with Crippen molar-refractivity contribution in [2.45, 2.75) is 26.3 Å². The molecule has 0 atom stereocenters. The van der Waals surface area contributed by atoms with E-state index in [0.29, 0.717) is 11.5 Å². The van der Waals surface area contributed by atoms with Crippen molar-refractivity contribution in [3.8, 4) is 0 Å². The molecular formula is C20H25N3O. The zero-order chi connectivity index (χ0) is 16.9. The Morgan fingerprint density at radius 1 is 1.08 bits per heavy atom. The molecule has 1 aliphatic heterocycles. The van der Waals surface area contributed by atoms with Gasteiger partial charge in [-0.3, -0.25) is 14.7 Å². The van der Waals surface area contributed by atoms with Crippen LogP contribution in [0.5, 0.6) is 0 Å². The van der Waals surface area contributed by atoms with E-state index < -0.39 is 0 Å². The second kappa shape index (κ2) is 7.58. The number of carbonyl (C=O) groups is 1. The van der Waals surface area contributed by atoms with Gasteiger partial charge in [0.15, 0.2) is 0 Å². The highest BCUT2D eigenvalue weighted by Crippen LogP contribution is 2.16. The first-order chi connectivity index (χ1) is 11.6. The van der Waals surface area contributed by atoms with Gasteiger partial charge >= 0.3 is 0 Å². The summed E-state index contributed by atoms with van der Waals surface area (Å²) in [4.78, 5) is 20.8. The summed E-state index contributed by atoms with van der Waals surface area (Å²) in [5, 5.41) is 0. The van der Waals surface area contributed by atoms with Crippen molar-refractivity contribution in [1.29, 1.82) is 0 Å². The van der Waals surface area contributed by atoms with Gasteiger partial charge in [-0.05, 0) is 29.2 Å². The molecule has 0 aliphatic carbocycles. The molecular weight excluding hydrogens is 298 g/mol. The summed E-state index contributed by atoms with van der Waals surface area (Å²) in [6.45, 7) is 8.76. The second-order valence-corrected chi connectivity index (χ2v) is 6.71. The van der Waals surface area contributed by atoms with Gasteiger partial charge in [-0.25, -0.2) is 0 Å².